The Bertz CT molecular complexity index is 170. The molecule has 78 valence electrons. The van der Waals surface area contributed by atoms with Gasteiger partial charge in [0.2, 0.25) is 0 Å². The van der Waals surface area contributed by atoms with Crippen LogP contribution in [0.1, 0.15) is 33.6 Å². The Morgan fingerprint density at radius 1 is 1.46 bits per heavy atom. The maximum absolute atomic E-state index is 10.3. The summed E-state index contributed by atoms with van der Waals surface area (Å²) in [5, 5.41) is 10.3. The SMILES string of the molecule is CC(C)(C)C(N)C1(O)CCCSC1. The average Bonchev–Trinajstić information content (AvgIpc) is 2.03. The molecular weight excluding hydrogens is 182 g/mol. The largest absolute Gasteiger partial charge is 0.387 e. The summed E-state index contributed by atoms with van der Waals surface area (Å²) in [7, 11) is 0. The molecule has 2 nitrogen and oxygen atoms in total. The van der Waals surface area contributed by atoms with Crippen molar-refractivity contribution >= 4 is 11.8 Å². The van der Waals surface area contributed by atoms with Gasteiger partial charge in [-0.1, -0.05) is 20.8 Å². The molecule has 0 spiro atoms. The van der Waals surface area contributed by atoms with Crippen molar-refractivity contribution in [2.45, 2.75) is 45.3 Å². The molecule has 3 N–H and O–H groups in total. The van der Waals surface area contributed by atoms with Crippen LogP contribution in [0.4, 0.5) is 0 Å². The molecule has 0 amide bonds. The first kappa shape index (κ1) is 11.3. The summed E-state index contributed by atoms with van der Waals surface area (Å²) < 4.78 is 0. The zero-order valence-electron chi connectivity index (χ0n) is 8.84. The van der Waals surface area contributed by atoms with Crippen molar-refractivity contribution in [1.82, 2.24) is 0 Å². The highest BCUT2D eigenvalue weighted by Crippen LogP contribution is 2.35. The van der Waals surface area contributed by atoms with E-state index in [0.29, 0.717) is 0 Å². The van der Waals surface area contributed by atoms with Crippen LogP contribution in [0.25, 0.3) is 0 Å². The van der Waals surface area contributed by atoms with Crippen LogP contribution < -0.4 is 5.73 Å². The molecule has 2 atom stereocenters. The Labute approximate surface area is 85.3 Å². The van der Waals surface area contributed by atoms with E-state index in [1.165, 1.54) is 5.75 Å². The monoisotopic (exact) mass is 203 g/mol. The Morgan fingerprint density at radius 2 is 2.08 bits per heavy atom. The molecule has 1 heterocycles. The third-order valence-corrected chi connectivity index (χ3v) is 4.04. The molecule has 0 aliphatic carbocycles. The van der Waals surface area contributed by atoms with E-state index in [2.05, 4.69) is 20.8 Å². The highest BCUT2D eigenvalue weighted by atomic mass is 32.2. The van der Waals surface area contributed by atoms with Crippen molar-refractivity contribution in [3.63, 3.8) is 0 Å². The second-order valence-electron chi connectivity index (χ2n) is 5.10. The van der Waals surface area contributed by atoms with Crippen LogP contribution in [-0.4, -0.2) is 28.3 Å². The summed E-state index contributed by atoms with van der Waals surface area (Å²) >= 11 is 1.82. The standard InChI is InChI=1S/C10H21NOS/c1-9(2,3)8(11)10(12)5-4-6-13-7-10/h8,12H,4-7,11H2,1-3H3. The van der Waals surface area contributed by atoms with Crippen LogP contribution in [-0.2, 0) is 0 Å². The lowest BCUT2D eigenvalue weighted by Gasteiger charge is -2.43. The predicted octanol–water partition coefficient (Wildman–Crippen LogP) is 1.62. The highest BCUT2D eigenvalue weighted by Gasteiger charge is 2.41. The molecule has 1 fully saturated rings. The van der Waals surface area contributed by atoms with E-state index < -0.39 is 5.60 Å². The summed E-state index contributed by atoms with van der Waals surface area (Å²) in [5.74, 6) is 1.96. The lowest BCUT2D eigenvalue weighted by Crippen LogP contribution is -2.57. The Balaban J connectivity index is 2.67. The Kier molecular flexibility index (Phi) is 3.31. The van der Waals surface area contributed by atoms with Gasteiger partial charge >= 0.3 is 0 Å². The molecule has 13 heavy (non-hydrogen) atoms. The number of hydrogen-bond donors (Lipinski definition) is 2. The molecule has 1 aliphatic heterocycles. The minimum absolute atomic E-state index is 0.00729. The summed E-state index contributed by atoms with van der Waals surface area (Å²) in [5.41, 5.74) is 5.45. The van der Waals surface area contributed by atoms with E-state index in [1.54, 1.807) is 0 Å². The van der Waals surface area contributed by atoms with Crippen molar-refractivity contribution < 1.29 is 5.11 Å². The second-order valence-corrected chi connectivity index (χ2v) is 6.21. The molecule has 0 aromatic heterocycles. The summed E-state index contributed by atoms with van der Waals surface area (Å²) in [6, 6.07) is -0.118. The van der Waals surface area contributed by atoms with E-state index in [4.69, 9.17) is 5.73 Å². The molecule has 0 bridgehead atoms. The lowest BCUT2D eigenvalue weighted by molar-refractivity contribution is -0.00958. The minimum atomic E-state index is -0.638. The van der Waals surface area contributed by atoms with Crippen LogP contribution in [0.2, 0.25) is 0 Å². The van der Waals surface area contributed by atoms with Crippen LogP contribution in [0.3, 0.4) is 0 Å². The van der Waals surface area contributed by atoms with Crippen molar-refractivity contribution in [2.75, 3.05) is 11.5 Å². The maximum atomic E-state index is 10.3. The Hall–Kier alpha value is 0.270. The van der Waals surface area contributed by atoms with Gasteiger partial charge in [-0.3, -0.25) is 0 Å². The van der Waals surface area contributed by atoms with Crippen LogP contribution in [0.5, 0.6) is 0 Å². The molecular formula is C10H21NOS. The summed E-state index contributed by atoms with van der Waals surface area (Å²) in [6.45, 7) is 6.28. The zero-order valence-corrected chi connectivity index (χ0v) is 9.66. The Morgan fingerprint density at radius 3 is 2.46 bits per heavy atom. The fraction of sp³-hybridized carbons (Fsp3) is 1.00. The van der Waals surface area contributed by atoms with E-state index in [1.807, 2.05) is 11.8 Å². The molecule has 2 unspecified atom stereocenters. The van der Waals surface area contributed by atoms with Crippen molar-refractivity contribution in [1.29, 1.82) is 0 Å². The smallest absolute Gasteiger partial charge is 0.0893 e. The number of thioether (sulfide) groups is 1. The summed E-state index contributed by atoms with van der Waals surface area (Å²) in [4.78, 5) is 0. The topological polar surface area (TPSA) is 46.2 Å². The van der Waals surface area contributed by atoms with Crippen molar-refractivity contribution in [3.05, 3.63) is 0 Å². The normalized spacial score (nSPS) is 33.0. The summed E-state index contributed by atoms with van der Waals surface area (Å²) in [6.07, 6.45) is 1.95. The molecule has 1 aliphatic rings. The van der Waals surface area contributed by atoms with Gasteiger partial charge in [-0.05, 0) is 24.0 Å². The molecule has 0 aromatic carbocycles. The highest BCUT2D eigenvalue weighted by molar-refractivity contribution is 7.99. The van der Waals surface area contributed by atoms with Gasteiger partial charge in [-0.2, -0.15) is 11.8 Å². The van der Waals surface area contributed by atoms with Crippen molar-refractivity contribution in [3.8, 4) is 0 Å². The fourth-order valence-electron chi connectivity index (χ4n) is 1.85. The second kappa shape index (κ2) is 3.79. The molecule has 1 rings (SSSR count). The molecule has 3 heteroatoms. The van der Waals surface area contributed by atoms with E-state index in [0.717, 1.165) is 18.6 Å². The number of rotatable bonds is 1. The fourth-order valence-corrected chi connectivity index (χ4v) is 3.02. The lowest BCUT2D eigenvalue weighted by atomic mass is 9.75. The van der Waals surface area contributed by atoms with Crippen LogP contribution in [0, 0.1) is 5.41 Å². The first-order valence-corrected chi connectivity index (χ1v) is 6.07. The third kappa shape index (κ3) is 2.61. The zero-order chi connectivity index (χ0) is 10.1. The minimum Gasteiger partial charge on any atom is -0.387 e. The van der Waals surface area contributed by atoms with Gasteiger partial charge in [0, 0.05) is 11.8 Å². The van der Waals surface area contributed by atoms with Gasteiger partial charge in [-0.25, -0.2) is 0 Å². The average molecular weight is 203 g/mol. The predicted molar refractivity (Wildman–Crippen MR) is 58.9 cm³/mol. The quantitative estimate of drug-likeness (QED) is 0.681. The molecule has 0 radical (unpaired) electrons. The molecule has 0 aromatic rings. The first-order valence-electron chi connectivity index (χ1n) is 4.92. The van der Waals surface area contributed by atoms with Crippen LogP contribution in [0.15, 0.2) is 0 Å². The van der Waals surface area contributed by atoms with E-state index in [9.17, 15) is 5.11 Å². The first-order chi connectivity index (χ1) is 5.86. The molecule has 1 saturated heterocycles. The van der Waals surface area contributed by atoms with Crippen LogP contribution >= 0.6 is 11.8 Å². The van der Waals surface area contributed by atoms with Crippen molar-refractivity contribution in [2.24, 2.45) is 11.1 Å². The number of aliphatic hydroxyl groups is 1. The van der Waals surface area contributed by atoms with Gasteiger partial charge in [-0.15, -0.1) is 0 Å². The van der Waals surface area contributed by atoms with Gasteiger partial charge in [0.1, 0.15) is 0 Å². The van der Waals surface area contributed by atoms with Gasteiger partial charge in [0.25, 0.3) is 0 Å². The van der Waals surface area contributed by atoms with Gasteiger partial charge in [0.05, 0.1) is 5.60 Å². The number of nitrogens with two attached hydrogens (primary N) is 1. The van der Waals surface area contributed by atoms with E-state index in [-0.39, 0.29) is 11.5 Å². The van der Waals surface area contributed by atoms with E-state index >= 15 is 0 Å². The molecule has 0 saturated carbocycles. The van der Waals surface area contributed by atoms with Gasteiger partial charge < -0.3 is 10.8 Å². The van der Waals surface area contributed by atoms with Gasteiger partial charge in [0.15, 0.2) is 0 Å². The maximum Gasteiger partial charge on any atom is 0.0893 e. The third-order valence-electron chi connectivity index (χ3n) is 2.76. The number of hydrogen-bond acceptors (Lipinski definition) is 3.